The molecule has 0 atom stereocenters. The molecule has 7 nitrogen and oxygen atoms in total. The summed E-state index contributed by atoms with van der Waals surface area (Å²) in [5.74, 6) is -1.77. The number of pyridine rings is 1. The maximum Gasteiger partial charge on any atom is 0.329 e. The van der Waals surface area contributed by atoms with Crippen molar-refractivity contribution < 1.29 is 27.4 Å². The number of carboxylic acid groups (broad SMARTS) is 1. The molecule has 0 saturated carbocycles. The molecule has 0 unspecified atom stereocenters. The average Bonchev–Trinajstić information content (AvgIpc) is 2.45. The number of carboxylic acids is 1. The highest BCUT2D eigenvalue weighted by Gasteiger charge is 2.30. The standard InChI is InChI=1S/C12H15FN2O5S/c13-9-5-11(7-14-6-9)21(18,19)15-3-1-10(2-4-15)20-8-12(16)17/h5-7,10H,1-4,8H2,(H,16,17). The van der Waals surface area contributed by atoms with Gasteiger partial charge in [-0.15, -0.1) is 0 Å². The summed E-state index contributed by atoms with van der Waals surface area (Å²) < 4.78 is 44.0. The van der Waals surface area contributed by atoms with Crippen molar-refractivity contribution in [2.24, 2.45) is 0 Å². The van der Waals surface area contributed by atoms with E-state index in [0.29, 0.717) is 12.8 Å². The molecule has 0 amide bonds. The number of carbonyl (C=O) groups is 1. The van der Waals surface area contributed by atoms with Crippen LogP contribution in [0.25, 0.3) is 0 Å². The fraction of sp³-hybridized carbons (Fsp3) is 0.500. The molecule has 0 aromatic carbocycles. The zero-order chi connectivity index (χ0) is 15.5. The molecular weight excluding hydrogens is 303 g/mol. The van der Waals surface area contributed by atoms with E-state index in [0.717, 1.165) is 18.5 Å². The zero-order valence-corrected chi connectivity index (χ0v) is 11.9. The van der Waals surface area contributed by atoms with Crippen LogP contribution >= 0.6 is 0 Å². The molecule has 0 bridgehead atoms. The number of nitrogens with zero attached hydrogens (tertiary/aromatic N) is 2. The Labute approximate surface area is 121 Å². The molecule has 0 radical (unpaired) electrons. The highest BCUT2D eigenvalue weighted by molar-refractivity contribution is 7.89. The number of hydrogen-bond acceptors (Lipinski definition) is 5. The molecule has 1 aromatic heterocycles. The fourth-order valence-electron chi connectivity index (χ4n) is 2.11. The quantitative estimate of drug-likeness (QED) is 0.848. The highest BCUT2D eigenvalue weighted by atomic mass is 32.2. The van der Waals surface area contributed by atoms with Crippen molar-refractivity contribution in [3.05, 3.63) is 24.3 Å². The summed E-state index contributed by atoms with van der Waals surface area (Å²) in [6.07, 6.45) is 2.55. The van der Waals surface area contributed by atoms with Crippen molar-refractivity contribution in [1.29, 1.82) is 0 Å². The van der Waals surface area contributed by atoms with E-state index in [-0.39, 0.29) is 24.1 Å². The third-order valence-electron chi connectivity index (χ3n) is 3.16. The van der Waals surface area contributed by atoms with Crippen molar-refractivity contribution in [1.82, 2.24) is 9.29 Å². The molecule has 1 saturated heterocycles. The number of piperidine rings is 1. The first-order valence-corrected chi connectivity index (χ1v) is 7.77. The Morgan fingerprint density at radius 1 is 1.43 bits per heavy atom. The van der Waals surface area contributed by atoms with Crippen LogP contribution in [0.3, 0.4) is 0 Å². The van der Waals surface area contributed by atoms with E-state index in [9.17, 15) is 17.6 Å². The Morgan fingerprint density at radius 2 is 2.10 bits per heavy atom. The van der Waals surface area contributed by atoms with Crippen molar-refractivity contribution in [2.75, 3.05) is 19.7 Å². The van der Waals surface area contributed by atoms with Gasteiger partial charge in [-0.1, -0.05) is 0 Å². The van der Waals surface area contributed by atoms with Crippen LogP contribution in [-0.4, -0.2) is 54.6 Å². The van der Waals surface area contributed by atoms with E-state index < -0.39 is 28.4 Å². The molecule has 1 aliphatic rings. The van der Waals surface area contributed by atoms with Crippen LogP contribution in [0.4, 0.5) is 4.39 Å². The van der Waals surface area contributed by atoms with Crippen LogP contribution in [0.1, 0.15) is 12.8 Å². The second-order valence-corrected chi connectivity index (χ2v) is 6.58. The van der Waals surface area contributed by atoms with Crippen molar-refractivity contribution in [2.45, 2.75) is 23.8 Å². The number of sulfonamides is 1. The first-order valence-electron chi connectivity index (χ1n) is 6.33. The van der Waals surface area contributed by atoms with Crippen LogP contribution in [0.15, 0.2) is 23.4 Å². The van der Waals surface area contributed by atoms with Crippen LogP contribution < -0.4 is 0 Å². The molecule has 9 heteroatoms. The molecule has 1 aliphatic heterocycles. The zero-order valence-electron chi connectivity index (χ0n) is 11.1. The maximum absolute atomic E-state index is 13.1. The van der Waals surface area contributed by atoms with Gasteiger partial charge in [0.15, 0.2) is 0 Å². The first kappa shape index (κ1) is 15.8. The van der Waals surface area contributed by atoms with Gasteiger partial charge in [-0.3, -0.25) is 4.98 Å². The molecule has 21 heavy (non-hydrogen) atoms. The van der Waals surface area contributed by atoms with Gasteiger partial charge in [0, 0.05) is 19.3 Å². The third-order valence-corrected chi connectivity index (χ3v) is 5.02. The van der Waals surface area contributed by atoms with Gasteiger partial charge in [0.25, 0.3) is 0 Å². The second-order valence-electron chi connectivity index (χ2n) is 4.65. The Balaban J connectivity index is 1.99. The average molecular weight is 318 g/mol. The SMILES string of the molecule is O=C(O)COC1CCN(S(=O)(=O)c2cncc(F)c2)CC1. The summed E-state index contributed by atoms with van der Waals surface area (Å²) in [4.78, 5) is 13.8. The van der Waals surface area contributed by atoms with Gasteiger partial charge in [-0.25, -0.2) is 17.6 Å². The van der Waals surface area contributed by atoms with E-state index in [1.54, 1.807) is 0 Å². The monoisotopic (exact) mass is 318 g/mol. The van der Waals surface area contributed by atoms with E-state index >= 15 is 0 Å². The Hall–Kier alpha value is -1.58. The summed E-state index contributed by atoms with van der Waals surface area (Å²) in [5.41, 5.74) is 0. The van der Waals surface area contributed by atoms with Crippen LogP contribution in [0, 0.1) is 5.82 Å². The predicted octanol–water partition coefficient (Wildman–Crippen LogP) is 0.475. The minimum absolute atomic E-state index is 0.188. The summed E-state index contributed by atoms with van der Waals surface area (Å²) in [7, 11) is -3.78. The number of halogens is 1. The van der Waals surface area contributed by atoms with Crippen molar-refractivity contribution >= 4 is 16.0 Å². The first-order chi connectivity index (χ1) is 9.89. The lowest BCUT2D eigenvalue weighted by Crippen LogP contribution is -2.41. The summed E-state index contributed by atoms with van der Waals surface area (Å²) >= 11 is 0. The van der Waals surface area contributed by atoms with Gasteiger partial charge in [0.1, 0.15) is 17.3 Å². The molecule has 2 heterocycles. The lowest BCUT2D eigenvalue weighted by molar-refractivity contribution is -0.145. The highest BCUT2D eigenvalue weighted by Crippen LogP contribution is 2.21. The van der Waals surface area contributed by atoms with Crippen LogP contribution in [0.5, 0.6) is 0 Å². The second kappa shape index (κ2) is 6.46. The number of rotatable bonds is 5. The predicted molar refractivity (Wildman–Crippen MR) is 69.6 cm³/mol. The van der Waals surface area contributed by atoms with Gasteiger partial charge in [-0.05, 0) is 18.9 Å². The van der Waals surface area contributed by atoms with Gasteiger partial charge < -0.3 is 9.84 Å². The lowest BCUT2D eigenvalue weighted by atomic mass is 10.1. The summed E-state index contributed by atoms with van der Waals surface area (Å²) in [6.45, 7) is -0.00248. The smallest absolute Gasteiger partial charge is 0.329 e. The normalized spacial score (nSPS) is 17.8. The molecule has 0 aliphatic carbocycles. The lowest BCUT2D eigenvalue weighted by Gasteiger charge is -2.30. The van der Waals surface area contributed by atoms with Crippen molar-refractivity contribution in [3.63, 3.8) is 0 Å². The largest absolute Gasteiger partial charge is 0.480 e. The van der Waals surface area contributed by atoms with E-state index in [4.69, 9.17) is 9.84 Å². The molecular formula is C12H15FN2O5S. The number of hydrogen-bond donors (Lipinski definition) is 1. The van der Waals surface area contributed by atoms with Crippen LogP contribution in [-0.2, 0) is 19.6 Å². The molecule has 1 N–H and O–H groups in total. The molecule has 1 fully saturated rings. The Bertz CT molecular complexity index is 614. The van der Waals surface area contributed by atoms with Gasteiger partial charge in [0.05, 0.1) is 12.3 Å². The fourth-order valence-corrected chi connectivity index (χ4v) is 3.56. The van der Waals surface area contributed by atoms with Crippen molar-refractivity contribution in [3.8, 4) is 0 Å². The van der Waals surface area contributed by atoms with E-state index in [1.165, 1.54) is 4.31 Å². The molecule has 0 spiro atoms. The topological polar surface area (TPSA) is 96.8 Å². The van der Waals surface area contributed by atoms with E-state index in [2.05, 4.69) is 4.98 Å². The number of aromatic nitrogens is 1. The van der Waals surface area contributed by atoms with Gasteiger partial charge in [0.2, 0.25) is 10.0 Å². The summed E-state index contributed by atoms with van der Waals surface area (Å²) in [6, 6.07) is 0.926. The summed E-state index contributed by atoms with van der Waals surface area (Å²) in [5, 5.41) is 8.53. The molecule has 2 rings (SSSR count). The molecule has 1 aromatic rings. The van der Waals surface area contributed by atoms with E-state index in [1.807, 2.05) is 0 Å². The number of aliphatic carboxylic acids is 1. The minimum Gasteiger partial charge on any atom is -0.480 e. The number of ether oxygens (including phenoxy) is 1. The van der Waals surface area contributed by atoms with Crippen LogP contribution in [0.2, 0.25) is 0 Å². The maximum atomic E-state index is 13.1. The Morgan fingerprint density at radius 3 is 2.67 bits per heavy atom. The Kier molecular flexibility index (Phi) is 4.86. The van der Waals surface area contributed by atoms with Gasteiger partial charge >= 0.3 is 5.97 Å². The molecule has 116 valence electrons. The third kappa shape index (κ3) is 3.96. The van der Waals surface area contributed by atoms with Gasteiger partial charge in [-0.2, -0.15) is 4.31 Å². The minimum atomic E-state index is -3.78.